The van der Waals surface area contributed by atoms with Crippen molar-refractivity contribution in [1.82, 2.24) is 19.4 Å². The third kappa shape index (κ3) is 5.26. The average Bonchev–Trinajstić information content (AvgIpc) is 3.03. The van der Waals surface area contributed by atoms with Gasteiger partial charge in [0.1, 0.15) is 12.2 Å². The van der Waals surface area contributed by atoms with Crippen molar-refractivity contribution in [2.75, 3.05) is 39.0 Å². The van der Waals surface area contributed by atoms with Gasteiger partial charge in [-0.05, 0) is 12.0 Å². The molecule has 11 heteroatoms. The van der Waals surface area contributed by atoms with E-state index in [2.05, 4.69) is 10.2 Å². The van der Waals surface area contributed by atoms with Gasteiger partial charge in [0.15, 0.2) is 0 Å². The number of aromatic amines is 1. The number of rotatable bonds is 7. The minimum absolute atomic E-state index is 0.132. The second kappa shape index (κ2) is 8.14. The van der Waals surface area contributed by atoms with Gasteiger partial charge in [-0.2, -0.15) is 9.40 Å². The average molecular weight is 388 g/mol. The molecule has 2 N–H and O–H groups in total. The summed E-state index contributed by atoms with van der Waals surface area (Å²) >= 11 is 0. The second-order valence-corrected chi connectivity index (χ2v) is 8.54. The summed E-state index contributed by atoms with van der Waals surface area (Å²) in [5.41, 5.74) is 1.14. The largest absolute Gasteiger partial charge is 0.480 e. The Hall–Kier alpha value is -1.98. The molecule has 0 radical (unpaired) electrons. The molecule has 2 heterocycles. The maximum Gasteiger partial charge on any atom is 0.318 e. The maximum atomic E-state index is 12.6. The number of morpholine rings is 1. The molecule has 1 saturated heterocycles. The van der Waals surface area contributed by atoms with E-state index in [4.69, 9.17) is 9.84 Å². The number of carboxylic acids is 1. The number of nitrogens with one attached hydrogen (secondary N) is 1. The van der Waals surface area contributed by atoms with E-state index < -0.39 is 28.6 Å². The highest BCUT2D eigenvalue weighted by molar-refractivity contribution is 7.88. The number of aliphatic carboxylic acids is 1. The molecule has 1 atom stereocenters. The SMILES string of the molecule is CC(C)c1cc(C(=O)N2CCOC(CN(CC(=O)O)S(C)(=O)=O)C2)n[nH]1. The van der Waals surface area contributed by atoms with Crippen LogP contribution >= 0.6 is 0 Å². The minimum Gasteiger partial charge on any atom is -0.480 e. The van der Waals surface area contributed by atoms with Crippen molar-refractivity contribution < 1.29 is 27.9 Å². The van der Waals surface area contributed by atoms with Gasteiger partial charge in [0.2, 0.25) is 10.0 Å². The van der Waals surface area contributed by atoms with Gasteiger partial charge in [0.05, 0.1) is 19.0 Å². The third-order valence-electron chi connectivity index (χ3n) is 4.05. The summed E-state index contributed by atoms with van der Waals surface area (Å²) in [6.07, 6.45) is 0.337. The Morgan fingerprint density at radius 2 is 2.19 bits per heavy atom. The molecule has 0 bridgehead atoms. The molecule has 26 heavy (non-hydrogen) atoms. The quantitative estimate of drug-likeness (QED) is 0.656. The van der Waals surface area contributed by atoms with E-state index in [1.165, 1.54) is 4.90 Å². The van der Waals surface area contributed by atoms with Crippen LogP contribution in [-0.2, 0) is 19.6 Å². The number of hydrogen-bond donors (Lipinski definition) is 2. The monoisotopic (exact) mass is 388 g/mol. The summed E-state index contributed by atoms with van der Waals surface area (Å²) in [4.78, 5) is 25.0. The van der Waals surface area contributed by atoms with Gasteiger partial charge in [-0.3, -0.25) is 14.7 Å². The number of carboxylic acid groups (broad SMARTS) is 1. The van der Waals surface area contributed by atoms with Gasteiger partial charge in [0, 0.05) is 25.3 Å². The highest BCUT2D eigenvalue weighted by Gasteiger charge is 2.30. The first-order valence-electron chi connectivity index (χ1n) is 8.21. The lowest BCUT2D eigenvalue weighted by Crippen LogP contribution is -2.51. The van der Waals surface area contributed by atoms with Crippen LogP contribution in [0.4, 0.5) is 0 Å². The zero-order chi connectivity index (χ0) is 19.5. The molecular formula is C15H24N4O6S. The number of nitrogens with zero attached hydrogens (tertiary/aromatic N) is 3. The molecule has 0 aromatic carbocycles. The summed E-state index contributed by atoms with van der Waals surface area (Å²) in [7, 11) is -3.70. The number of carbonyl (C=O) groups is 2. The zero-order valence-electron chi connectivity index (χ0n) is 15.0. The van der Waals surface area contributed by atoms with Crippen molar-refractivity contribution >= 4 is 21.9 Å². The summed E-state index contributed by atoms with van der Waals surface area (Å²) in [5, 5.41) is 15.8. The van der Waals surface area contributed by atoms with Crippen LogP contribution in [0.25, 0.3) is 0 Å². The summed E-state index contributed by atoms with van der Waals surface area (Å²) in [6, 6.07) is 1.70. The Kier molecular flexibility index (Phi) is 6.37. The molecular weight excluding hydrogens is 364 g/mol. The molecule has 1 aromatic heterocycles. The van der Waals surface area contributed by atoms with Crippen LogP contribution in [0.3, 0.4) is 0 Å². The molecule has 0 aliphatic carbocycles. The van der Waals surface area contributed by atoms with Gasteiger partial charge >= 0.3 is 5.97 Å². The molecule has 1 amide bonds. The molecule has 2 rings (SSSR count). The fraction of sp³-hybridized carbons (Fsp3) is 0.667. The van der Waals surface area contributed by atoms with Gasteiger partial charge < -0.3 is 14.7 Å². The van der Waals surface area contributed by atoms with Crippen molar-refractivity contribution in [3.8, 4) is 0 Å². The number of H-pyrrole nitrogens is 1. The molecule has 1 aliphatic rings. The van der Waals surface area contributed by atoms with Crippen LogP contribution in [0.15, 0.2) is 6.07 Å². The predicted molar refractivity (Wildman–Crippen MR) is 92.4 cm³/mol. The standard InChI is InChI=1S/C15H24N4O6S/c1-10(2)12-6-13(17-16-12)15(22)18-4-5-25-11(7-18)8-19(9-14(20)21)26(3,23)24/h6,10-11H,4-5,7-9H2,1-3H3,(H,16,17)(H,20,21). The zero-order valence-corrected chi connectivity index (χ0v) is 15.8. The first-order chi connectivity index (χ1) is 12.1. The van der Waals surface area contributed by atoms with Crippen LogP contribution in [0.5, 0.6) is 0 Å². The second-order valence-electron chi connectivity index (χ2n) is 6.56. The molecule has 10 nitrogen and oxygen atoms in total. The summed E-state index contributed by atoms with van der Waals surface area (Å²) in [6.45, 7) is 3.94. The van der Waals surface area contributed by atoms with E-state index in [1.807, 2.05) is 13.8 Å². The van der Waals surface area contributed by atoms with Crippen LogP contribution in [0.2, 0.25) is 0 Å². The molecule has 0 saturated carbocycles. The normalized spacial score (nSPS) is 18.5. The Balaban J connectivity index is 2.05. The number of sulfonamides is 1. The summed E-state index contributed by atoms with van der Waals surface area (Å²) < 4.78 is 29.9. The summed E-state index contributed by atoms with van der Waals surface area (Å²) in [5.74, 6) is -1.32. The van der Waals surface area contributed by atoms with Crippen molar-refractivity contribution in [1.29, 1.82) is 0 Å². The number of aromatic nitrogens is 2. The molecule has 0 spiro atoms. The Labute approximate surface area is 152 Å². The van der Waals surface area contributed by atoms with Crippen molar-refractivity contribution in [2.45, 2.75) is 25.9 Å². The van der Waals surface area contributed by atoms with E-state index in [0.717, 1.165) is 16.3 Å². The lowest BCUT2D eigenvalue weighted by atomic mass is 10.1. The molecule has 1 fully saturated rings. The first kappa shape index (κ1) is 20.3. The van der Waals surface area contributed by atoms with Gasteiger partial charge in [0.25, 0.3) is 5.91 Å². The first-order valence-corrected chi connectivity index (χ1v) is 10.1. The van der Waals surface area contributed by atoms with E-state index in [9.17, 15) is 18.0 Å². The Morgan fingerprint density at radius 3 is 2.73 bits per heavy atom. The lowest BCUT2D eigenvalue weighted by Gasteiger charge is -2.34. The predicted octanol–water partition coefficient (Wildman–Crippen LogP) is -0.280. The van der Waals surface area contributed by atoms with Gasteiger partial charge in [-0.25, -0.2) is 8.42 Å². The molecule has 1 aliphatic heterocycles. The van der Waals surface area contributed by atoms with Crippen LogP contribution in [0, 0.1) is 0 Å². The Bertz CT molecular complexity index is 760. The third-order valence-corrected chi connectivity index (χ3v) is 5.27. The topological polar surface area (TPSA) is 133 Å². The molecule has 146 valence electrons. The molecule has 1 unspecified atom stereocenters. The fourth-order valence-electron chi connectivity index (χ4n) is 2.61. The van der Waals surface area contributed by atoms with Crippen LogP contribution < -0.4 is 0 Å². The Morgan fingerprint density at radius 1 is 1.50 bits per heavy atom. The number of carbonyl (C=O) groups excluding carboxylic acids is 1. The van der Waals surface area contributed by atoms with Gasteiger partial charge in [-0.1, -0.05) is 13.8 Å². The smallest absolute Gasteiger partial charge is 0.318 e. The fourth-order valence-corrected chi connectivity index (χ4v) is 3.40. The van der Waals surface area contributed by atoms with Gasteiger partial charge in [-0.15, -0.1) is 0 Å². The van der Waals surface area contributed by atoms with Crippen molar-refractivity contribution in [3.05, 3.63) is 17.5 Å². The lowest BCUT2D eigenvalue weighted by molar-refractivity contribution is -0.137. The highest BCUT2D eigenvalue weighted by atomic mass is 32.2. The van der Waals surface area contributed by atoms with Crippen molar-refractivity contribution in [3.63, 3.8) is 0 Å². The van der Waals surface area contributed by atoms with E-state index in [0.29, 0.717) is 12.2 Å². The van der Waals surface area contributed by atoms with Crippen LogP contribution in [0.1, 0.15) is 35.9 Å². The van der Waals surface area contributed by atoms with E-state index in [1.54, 1.807) is 6.07 Å². The number of hydrogen-bond acceptors (Lipinski definition) is 6. The molecule has 1 aromatic rings. The number of ether oxygens (including phenoxy) is 1. The maximum absolute atomic E-state index is 12.6. The van der Waals surface area contributed by atoms with E-state index >= 15 is 0 Å². The number of amides is 1. The van der Waals surface area contributed by atoms with Crippen LogP contribution in [-0.4, -0.2) is 89.9 Å². The van der Waals surface area contributed by atoms with E-state index in [-0.39, 0.29) is 31.5 Å². The highest BCUT2D eigenvalue weighted by Crippen LogP contribution is 2.16. The van der Waals surface area contributed by atoms with Crippen molar-refractivity contribution in [2.24, 2.45) is 0 Å². The minimum atomic E-state index is -3.70.